The fourth-order valence-electron chi connectivity index (χ4n) is 1.50. The molecule has 1 amide bonds. The highest BCUT2D eigenvalue weighted by Gasteiger charge is 2.24. The number of carboxylic acids is 2. The summed E-state index contributed by atoms with van der Waals surface area (Å²) in [5.74, 6) is -3.26. The SMILES string of the molecule is CCn1cccc1C(=O)N[C@@H](CC(=O)O)C(=O)O. The first-order valence-corrected chi connectivity index (χ1v) is 5.36. The van der Waals surface area contributed by atoms with Gasteiger partial charge in [-0.05, 0) is 19.1 Å². The van der Waals surface area contributed by atoms with Crippen molar-refractivity contribution >= 4 is 17.8 Å². The van der Waals surface area contributed by atoms with Crippen LogP contribution < -0.4 is 5.32 Å². The molecule has 1 heterocycles. The molecular formula is C11H14N2O5. The zero-order chi connectivity index (χ0) is 13.7. The third kappa shape index (κ3) is 3.34. The molecule has 1 rings (SSSR count). The van der Waals surface area contributed by atoms with Crippen molar-refractivity contribution in [3.05, 3.63) is 24.0 Å². The molecule has 0 aromatic carbocycles. The maximum Gasteiger partial charge on any atom is 0.326 e. The van der Waals surface area contributed by atoms with E-state index in [9.17, 15) is 14.4 Å². The Labute approximate surface area is 103 Å². The second-order valence-corrected chi connectivity index (χ2v) is 3.64. The van der Waals surface area contributed by atoms with E-state index in [1.807, 2.05) is 6.92 Å². The Morgan fingerprint density at radius 2 is 2.06 bits per heavy atom. The number of hydrogen-bond acceptors (Lipinski definition) is 3. The topological polar surface area (TPSA) is 109 Å². The number of nitrogens with one attached hydrogen (secondary N) is 1. The van der Waals surface area contributed by atoms with Crippen LogP contribution in [-0.4, -0.2) is 38.7 Å². The van der Waals surface area contributed by atoms with Gasteiger partial charge in [-0.2, -0.15) is 0 Å². The lowest BCUT2D eigenvalue weighted by Crippen LogP contribution is -2.42. The second-order valence-electron chi connectivity index (χ2n) is 3.64. The molecular weight excluding hydrogens is 240 g/mol. The molecule has 0 spiro atoms. The number of carbonyl (C=O) groups excluding carboxylic acids is 1. The number of aromatic nitrogens is 1. The van der Waals surface area contributed by atoms with Gasteiger partial charge in [0.1, 0.15) is 11.7 Å². The number of aliphatic carboxylic acids is 2. The number of amides is 1. The molecule has 3 N–H and O–H groups in total. The Kier molecular flexibility index (Phi) is 4.47. The Morgan fingerprint density at radius 1 is 1.39 bits per heavy atom. The van der Waals surface area contributed by atoms with Gasteiger partial charge < -0.3 is 20.1 Å². The van der Waals surface area contributed by atoms with Gasteiger partial charge in [0.05, 0.1) is 6.42 Å². The summed E-state index contributed by atoms with van der Waals surface area (Å²) >= 11 is 0. The number of nitrogens with zero attached hydrogens (tertiary/aromatic N) is 1. The monoisotopic (exact) mass is 254 g/mol. The summed E-state index contributed by atoms with van der Waals surface area (Å²) in [6.07, 6.45) is 1.02. The zero-order valence-corrected chi connectivity index (χ0v) is 9.79. The molecule has 0 radical (unpaired) electrons. The Bertz CT molecular complexity index is 466. The summed E-state index contributed by atoms with van der Waals surface area (Å²) in [7, 11) is 0. The molecule has 0 saturated carbocycles. The zero-order valence-electron chi connectivity index (χ0n) is 9.79. The highest BCUT2D eigenvalue weighted by atomic mass is 16.4. The summed E-state index contributed by atoms with van der Waals surface area (Å²) in [5.41, 5.74) is 0.300. The summed E-state index contributed by atoms with van der Waals surface area (Å²) < 4.78 is 1.63. The van der Waals surface area contributed by atoms with E-state index in [1.54, 1.807) is 22.9 Å². The molecule has 0 bridgehead atoms. The highest BCUT2D eigenvalue weighted by molar-refractivity contribution is 5.96. The summed E-state index contributed by atoms with van der Waals surface area (Å²) in [6, 6.07) is 1.76. The van der Waals surface area contributed by atoms with Crippen LogP contribution in [0.3, 0.4) is 0 Å². The van der Waals surface area contributed by atoms with Crippen LogP contribution in [0.15, 0.2) is 18.3 Å². The molecule has 1 aromatic rings. The first-order valence-electron chi connectivity index (χ1n) is 5.36. The van der Waals surface area contributed by atoms with Crippen molar-refractivity contribution in [3.8, 4) is 0 Å². The molecule has 7 nitrogen and oxygen atoms in total. The van der Waals surface area contributed by atoms with E-state index in [-0.39, 0.29) is 0 Å². The fraction of sp³-hybridized carbons (Fsp3) is 0.364. The van der Waals surface area contributed by atoms with Crippen molar-refractivity contribution < 1.29 is 24.6 Å². The lowest BCUT2D eigenvalue weighted by atomic mass is 10.2. The molecule has 0 unspecified atom stereocenters. The summed E-state index contributed by atoms with van der Waals surface area (Å²) in [5, 5.41) is 19.6. The van der Waals surface area contributed by atoms with Crippen LogP contribution in [0.4, 0.5) is 0 Å². The van der Waals surface area contributed by atoms with E-state index in [0.717, 1.165) is 0 Å². The van der Waals surface area contributed by atoms with Crippen LogP contribution >= 0.6 is 0 Å². The van der Waals surface area contributed by atoms with Gasteiger partial charge in [0.2, 0.25) is 0 Å². The van der Waals surface area contributed by atoms with Gasteiger partial charge in [-0.1, -0.05) is 0 Å². The third-order valence-electron chi connectivity index (χ3n) is 2.39. The highest BCUT2D eigenvalue weighted by Crippen LogP contribution is 2.03. The Morgan fingerprint density at radius 3 is 2.56 bits per heavy atom. The van der Waals surface area contributed by atoms with Gasteiger partial charge >= 0.3 is 11.9 Å². The van der Waals surface area contributed by atoms with Crippen LogP contribution in [-0.2, 0) is 16.1 Å². The molecule has 0 fully saturated rings. The Balaban J connectivity index is 2.78. The normalized spacial score (nSPS) is 11.8. The fourth-order valence-corrected chi connectivity index (χ4v) is 1.50. The number of hydrogen-bond donors (Lipinski definition) is 3. The van der Waals surface area contributed by atoms with Crippen LogP contribution in [0.2, 0.25) is 0 Å². The minimum Gasteiger partial charge on any atom is -0.481 e. The molecule has 98 valence electrons. The smallest absolute Gasteiger partial charge is 0.326 e. The minimum atomic E-state index is -1.43. The average molecular weight is 254 g/mol. The van der Waals surface area contributed by atoms with Crippen molar-refractivity contribution in [3.63, 3.8) is 0 Å². The quantitative estimate of drug-likeness (QED) is 0.670. The van der Waals surface area contributed by atoms with Crippen molar-refractivity contribution in [2.45, 2.75) is 25.9 Å². The van der Waals surface area contributed by atoms with Crippen LogP contribution in [0, 0.1) is 0 Å². The first kappa shape index (κ1) is 13.8. The second kappa shape index (κ2) is 5.85. The van der Waals surface area contributed by atoms with E-state index >= 15 is 0 Å². The van der Waals surface area contributed by atoms with E-state index in [1.165, 1.54) is 0 Å². The van der Waals surface area contributed by atoms with Gasteiger partial charge in [0, 0.05) is 12.7 Å². The van der Waals surface area contributed by atoms with Gasteiger partial charge in [0.15, 0.2) is 0 Å². The third-order valence-corrected chi connectivity index (χ3v) is 2.39. The van der Waals surface area contributed by atoms with Crippen molar-refractivity contribution in [2.75, 3.05) is 0 Å². The number of aryl methyl sites for hydroxylation is 1. The van der Waals surface area contributed by atoms with Gasteiger partial charge in [0.25, 0.3) is 5.91 Å². The van der Waals surface area contributed by atoms with Crippen LogP contribution in [0.25, 0.3) is 0 Å². The van der Waals surface area contributed by atoms with Crippen molar-refractivity contribution in [1.29, 1.82) is 0 Å². The first-order chi connectivity index (χ1) is 8.45. The maximum atomic E-state index is 11.8. The molecule has 0 aliphatic rings. The van der Waals surface area contributed by atoms with Crippen molar-refractivity contribution in [1.82, 2.24) is 9.88 Å². The van der Waals surface area contributed by atoms with Crippen molar-refractivity contribution in [2.24, 2.45) is 0 Å². The summed E-state index contributed by atoms with van der Waals surface area (Å²) in [6.45, 7) is 2.40. The van der Waals surface area contributed by atoms with Gasteiger partial charge in [-0.15, -0.1) is 0 Å². The van der Waals surface area contributed by atoms with Crippen LogP contribution in [0.1, 0.15) is 23.8 Å². The predicted octanol–water partition coefficient (Wildman–Crippen LogP) is 0.166. The van der Waals surface area contributed by atoms with E-state index in [4.69, 9.17) is 10.2 Å². The molecule has 7 heteroatoms. The summed E-state index contributed by atoms with van der Waals surface area (Å²) in [4.78, 5) is 33.1. The van der Waals surface area contributed by atoms with E-state index in [0.29, 0.717) is 12.2 Å². The van der Waals surface area contributed by atoms with Gasteiger partial charge in [-0.3, -0.25) is 9.59 Å². The standard InChI is InChI=1S/C11H14N2O5/c1-2-13-5-3-4-8(13)10(16)12-7(11(17)18)6-9(14)15/h3-5,7H,2,6H2,1H3,(H,12,16)(H,14,15)(H,17,18)/t7-/m0/s1. The minimum absolute atomic E-state index is 0.300. The van der Waals surface area contributed by atoms with Crippen LogP contribution in [0.5, 0.6) is 0 Å². The molecule has 0 aliphatic carbocycles. The largest absolute Gasteiger partial charge is 0.481 e. The Hall–Kier alpha value is -2.31. The molecule has 0 aliphatic heterocycles. The lowest BCUT2D eigenvalue weighted by Gasteiger charge is -2.13. The molecule has 0 saturated heterocycles. The maximum absolute atomic E-state index is 11.8. The van der Waals surface area contributed by atoms with Gasteiger partial charge in [-0.25, -0.2) is 4.79 Å². The number of rotatable bonds is 6. The number of carboxylic acid groups (broad SMARTS) is 2. The molecule has 1 aromatic heterocycles. The number of carbonyl (C=O) groups is 3. The van der Waals surface area contributed by atoms with E-state index < -0.39 is 30.3 Å². The average Bonchev–Trinajstić information content (AvgIpc) is 2.75. The lowest BCUT2D eigenvalue weighted by molar-refractivity contribution is -0.145. The molecule has 1 atom stereocenters. The predicted molar refractivity (Wildman–Crippen MR) is 61.2 cm³/mol. The molecule has 18 heavy (non-hydrogen) atoms. The van der Waals surface area contributed by atoms with E-state index in [2.05, 4.69) is 5.32 Å².